The molecule has 1 fully saturated rings. The van der Waals surface area contributed by atoms with Crippen LogP contribution in [0.15, 0.2) is 72.8 Å². The molecule has 2 N–H and O–H groups in total. The minimum absolute atomic E-state index is 0.0182. The van der Waals surface area contributed by atoms with Crippen LogP contribution in [0, 0.1) is 11.6 Å². The normalized spacial score (nSPS) is 16.3. The number of aliphatic hydroxyl groups is 1. The van der Waals surface area contributed by atoms with Gasteiger partial charge in [0.15, 0.2) is 0 Å². The fraction of sp³-hybridized carbons (Fsp3) is 0.208. The number of nitrogens with zero attached hydrogens (tertiary/aromatic N) is 1. The van der Waals surface area contributed by atoms with Crippen molar-refractivity contribution < 1.29 is 23.8 Å². The second kappa shape index (κ2) is 9.50. The molecule has 0 spiro atoms. The molecule has 0 aliphatic carbocycles. The summed E-state index contributed by atoms with van der Waals surface area (Å²) in [6, 6.07) is 18.5. The smallest absolute Gasteiger partial charge is 0.230 e. The number of benzene rings is 3. The van der Waals surface area contributed by atoms with Crippen LogP contribution >= 0.6 is 0 Å². The highest BCUT2D eigenvalue weighted by Gasteiger charge is 2.38. The van der Waals surface area contributed by atoms with Crippen LogP contribution in [0.3, 0.4) is 0 Å². The summed E-state index contributed by atoms with van der Waals surface area (Å²) in [6.07, 6.45) is 0.629. The molecule has 2 atom stereocenters. The van der Waals surface area contributed by atoms with E-state index in [1.54, 1.807) is 53.4 Å². The molecule has 0 aromatic heterocycles. The Balaban J connectivity index is 0.000000199. The Bertz CT molecular complexity index is 973. The molecule has 3 aromatic carbocycles. The Morgan fingerprint density at radius 3 is 1.97 bits per heavy atom. The van der Waals surface area contributed by atoms with Crippen molar-refractivity contribution >= 4 is 11.6 Å². The molecule has 6 heteroatoms. The molecule has 156 valence electrons. The van der Waals surface area contributed by atoms with Crippen molar-refractivity contribution in [3.8, 4) is 5.75 Å². The highest BCUT2D eigenvalue weighted by Crippen LogP contribution is 2.39. The van der Waals surface area contributed by atoms with E-state index in [0.717, 1.165) is 11.1 Å². The third-order valence-corrected chi connectivity index (χ3v) is 4.97. The van der Waals surface area contributed by atoms with E-state index in [9.17, 15) is 23.8 Å². The number of phenolic OH excluding ortho intramolecular Hbond substituents is 1. The number of anilines is 1. The summed E-state index contributed by atoms with van der Waals surface area (Å²) in [7, 11) is 0. The third-order valence-electron chi connectivity index (χ3n) is 4.97. The first-order valence-electron chi connectivity index (χ1n) is 9.69. The van der Waals surface area contributed by atoms with E-state index < -0.39 is 6.10 Å². The standard InChI is InChI=1S/C15H12FNO2.C9H11FO/c16-11-3-5-12(6-4-11)17-14(9-15(17)19)10-1-7-13(18)8-2-10;1-2-9(11)7-3-5-8(10)6-4-7/h1-8,14,18H,9H2;3-6,9,11H,2H2,1H3/t14-;/m0./s1. The molecule has 0 radical (unpaired) electrons. The highest BCUT2D eigenvalue weighted by atomic mass is 19.1. The van der Waals surface area contributed by atoms with Crippen molar-refractivity contribution in [2.45, 2.75) is 31.9 Å². The Hall–Kier alpha value is -3.25. The minimum atomic E-state index is -0.462. The SMILES string of the molecule is CCC(O)c1ccc(F)cc1.O=C1C[C@@H](c2ccc(O)cc2)N1c1ccc(F)cc1. The van der Waals surface area contributed by atoms with Crippen molar-refractivity contribution in [1.29, 1.82) is 0 Å². The molecule has 0 bridgehead atoms. The molecule has 0 saturated carbocycles. The maximum absolute atomic E-state index is 12.9. The van der Waals surface area contributed by atoms with Gasteiger partial charge in [-0.3, -0.25) is 4.79 Å². The summed E-state index contributed by atoms with van der Waals surface area (Å²) in [5.74, 6) is -0.373. The number of carbonyl (C=O) groups is 1. The largest absolute Gasteiger partial charge is 0.508 e. The zero-order chi connectivity index (χ0) is 21.7. The number of rotatable bonds is 4. The first-order chi connectivity index (χ1) is 14.4. The van der Waals surface area contributed by atoms with E-state index in [-0.39, 0.29) is 29.3 Å². The fourth-order valence-electron chi connectivity index (χ4n) is 3.23. The maximum Gasteiger partial charge on any atom is 0.230 e. The second-order valence-corrected chi connectivity index (χ2v) is 7.03. The van der Waals surface area contributed by atoms with Crippen LogP contribution in [0.2, 0.25) is 0 Å². The summed E-state index contributed by atoms with van der Waals surface area (Å²) >= 11 is 0. The van der Waals surface area contributed by atoms with Gasteiger partial charge >= 0.3 is 0 Å². The number of carbonyl (C=O) groups excluding carboxylic acids is 1. The molecule has 3 aromatic rings. The molecule has 1 saturated heterocycles. The molecule has 4 rings (SSSR count). The highest BCUT2D eigenvalue weighted by molar-refractivity contribution is 6.01. The van der Waals surface area contributed by atoms with Crippen molar-refractivity contribution in [2.24, 2.45) is 0 Å². The summed E-state index contributed by atoms with van der Waals surface area (Å²) in [6.45, 7) is 1.88. The lowest BCUT2D eigenvalue weighted by Crippen LogP contribution is -2.46. The number of β-lactam (4-membered cyclic amide) rings is 1. The topological polar surface area (TPSA) is 60.8 Å². The van der Waals surface area contributed by atoms with Crippen molar-refractivity contribution in [3.63, 3.8) is 0 Å². The zero-order valence-corrected chi connectivity index (χ0v) is 16.5. The Morgan fingerprint density at radius 1 is 0.933 bits per heavy atom. The summed E-state index contributed by atoms with van der Waals surface area (Å²) in [5.41, 5.74) is 2.42. The van der Waals surface area contributed by atoms with Gasteiger partial charge in [0, 0.05) is 5.69 Å². The minimum Gasteiger partial charge on any atom is -0.508 e. The molecular weight excluding hydrogens is 388 g/mol. The van der Waals surface area contributed by atoms with Gasteiger partial charge in [-0.25, -0.2) is 8.78 Å². The molecule has 1 amide bonds. The maximum atomic E-state index is 12.9. The summed E-state index contributed by atoms with van der Waals surface area (Å²) in [4.78, 5) is 13.4. The molecule has 1 unspecified atom stereocenters. The molecule has 30 heavy (non-hydrogen) atoms. The van der Waals surface area contributed by atoms with Gasteiger partial charge in [-0.15, -0.1) is 0 Å². The molecule has 1 heterocycles. The number of phenols is 1. The molecular formula is C24H23F2NO3. The Labute approximate surface area is 174 Å². The molecule has 1 aliphatic rings. The Morgan fingerprint density at radius 2 is 1.47 bits per heavy atom. The molecule has 4 nitrogen and oxygen atoms in total. The van der Waals surface area contributed by atoms with Crippen LogP contribution in [-0.2, 0) is 4.79 Å². The summed E-state index contributed by atoms with van der Waals surface area (Å²) in [5, 5.41) is 18.6. The van der Waals surface area contributed by atoms with Gasteiger partial charge in [-0.1, -0.05) is 31.2 Å². The monoisotopic (exact) mass is 411 g/mol. The predicted molar refractivity (Wildman–Crippen MR) is 111 cm³/mol. The number of hydrogen-bond donors (Lipinski definition) is 2. The lowest BCUT2D eigenvalue weighted by molar-refractivity contribution is -0.124. The number of aliphatic hydroxyl groups excluding tert-OH is 1. The van der Waals surface area contributed by atoms with Gasteiger partial charge in [-0.05, 0) is 66.1 Å². The third kappa shape index (κ3) is 5.02. The second-order valence-electron chi connectivity index (χ2n) is 7.03. The van der Waals surface area contributed by atoms with E-state index in [2.05, 4.69) is 0 Å². The van der Waals surface area contributed by atoms with Crippen LogP contribution in [0.25, 0.3) is 0 Å². The van der Waals surface area contributed by atoms with Gasteiger partial charge in [0.05, 0.1) is 18.6 Å². The molecule has 1 aliphatic heterocycles. The van der Waals surface area contributed by atoms with Crippen molar-refractivity contribution in [1.82, 2.24) is 0 Å². The lowest BCUT2D eigenvalue weighted by atomic mass is 9.93. The van der Waals surface area contributed by atoms with Crippen LogP contribution in [0.5, 0.6) is 5.75 Å². The van der Waals surface area contributed by atoms with Gasteiger partial charge < -0.3 is 15.1 Å². The first-order valence-corrected chi connectivity index (χ1v) is 9.69. The summed E-state index contributed by atoms with van der Waals surface area (Å²) < 4.78 is 25.3. The van der Waals surface area contributed by atoms with Gasteiger partial charge in [0.1, 0.15) is 17.4 Å². The number of amides is 1. The lowest BCUT2D eigenvalue weighted by Gasteiger charge is -2.40. The van der Waals surface area contributed by atoms with E-state index in [1.165, 1.54) is 24.3 Å². The van der Waals surface area contributed by atoms with E-state index >= 15 is 0 Å². The van der Waals surface area contributed by atoms with Gasteiger partial charge in [0.25, 0.3) is 0 Å². The number of aromatic hydroxyl groups is 1. The van der Waals surface area contributed by atoms with Crippen molar-refractivity contribution in [3.05, 3.63) is 95.6 Å². The van der Waals surface area contributed by atoms with Crippen LogP contribution < -0.4 is 4.90 Å². The van der Waals surface area contributed by atoms with E-state index in [1.807, 2.05) is 6.92 Å². The number of halogens is 2. The number of hydrogen-bond acceptors (Lipinski definition) is 3. The zero-order valence-electron chi connectivity index (χ0n) is 16.5. The average molecular weight is 411 g/mol. The van der Waals surface area contributed by atoms with Gasteiger partial charge in [0.2, 0.25) is 5.91 Å². The fourth-order valence-corrected chi connectivity index (χ4v) is 3.23. The average Bonchev–Trinajstić information content (AvgIpc) is 2.75. The van der Waals surface area contributed by atoms with E-state index in [4.69, 9.17) is 0 Å². The van der Waals surface area contributed by atoms with Gasteiger partial charge in [-0.2, -0.15) is 0 Å². The quantitative estimate of drug-likeness (QED) is 0.575. The van der Waals surface area contributed by atoms with E-state index in [0.29, 0.717) is 18.5 Å². The van der Waals surface area contributed by atoms with Crippen LogP contribution in [-0.4, -0.2) is 16.1 Å². The Kier molecular flexibility index (Phi) is 6.79. The first kappa shape index (κ1) is 21.5. The van der Waals surface area contributed by atoms with Crippen molar-refractivity contribution in [2.75, 3.05) is 4.90 Å². The predicted octanol–water partition coefficient (Wildman–Crippen LogP) is 5.28. The van der Waals surface area contributed by atoms with Crippen LogP contribution in [0.1, 0.15) is 43.0 Å². The van der Waals surface area contributed by atoms with Crippen LogP contribution in [0.4, 0.5) is 14.5 Å².